The predicted octanol–water partition coefficient (Wildman–Crippen LogP) is 3.47. The van der Waals surface area contributed by atoms with E-state index < -0.39 is 36.8 Å². The quantitative estimate of drug-likeness (QED) is 0.399. The molecule has 0 aliphatic carbocycles. The van der Waals surface area contributed by atoms with Crippen LogP contribution in [0.4, 0.5) is 0 Å². The van der Waals surface area contributed by atoms with Crippen LogP contribution in [0.3, 0.4) is 0 Å². The standard InChI is InChI=1S/C29H34O7/c1-32-20-24(30)25-26(33-17-21-11-5-2-6-12-21)27(34-18-22-13-7-3-8-14-22)28(29(31)36-25)35-19-23-15-9-4-10-16-23/h2-16,24-31H,17-20H2,1H3/t24-,25-,26-,27-,28-,29-/m1/s1. The second-order valence-electron chi connectivity index (χ2n) is 8.80. The molecular formula is C29H34O7. The van der Waals surface area contributed by atoms with Crippen molar-refractivity contribution in [3.05, 3.63) is 108 Å². The van der Waals surface area contributed by atoms with E-state index in [9.17, 15) is 10.2 Å². The van der Waals surface area contributed by atoms with Crippen LogP contribution in [0.1, 0.15) is 16.7 Å². The Hall–Kier alpha value is -2.62. The molecule has 192 valence electrons. The van der Waals surface area contributed by atoms with Gasteiger partial charge in [-0.3, -0.25) is 0 Å². The first-order chi connectivity index (χ1) is 17.7. The third-order valence-electron chi connectivity index (χ3n) is 6.12. The fourth-order valence-electron chi connectivity index (χ4n) is 4.28. The molecule has 1 fully saturated rings. The highest BCUT2D eigenvalue weighted by Gasteiger charge is 2.50. The Kier molecular flexibility index (Phi) is 10.0. The van der Waals surface area contributed by atoms with E-state index in [0.29, 0.717) is 0 Å². The van der Waals surface area contributed by atoms with Crippen molar-refractivity contribution >= 4 is 0 Å². The van der Waals surface area contributed by atoms with Gasteiger partial charge in [-0.15, -0.1) is 0 Å². The van der Waals surface area contributed by atoms with Crippen LogP contribution in [0.25, 0.3) is 0 Å². The van der Waals surface area contributed by atoms with Gasteiger partial charge in [-0.2, -0.15) is 0 Å². The number of hydrogen-bond donors (Lipinski definition) is 2. The number of rotatable bonds is 12. The van der Waals surface area contributed by atoms with Gasteiger partial charge in [0.15, 0.2) is 6.29 Å². The molecule has 1 aliphatic rings. The van der Waals surface area contributed by atoms with E-state index in [1.54, 1.807) is 0 Å². The summed E-state index contributed by atoms with van der Waals surface area (Å²) in [5.74, 6) is 0. The van der Waals surface area contributed by atoms with E-state index >= 15 is 0 Å². The van der Waals surface area contributed by atoms with Crippen molar-refractivity contribution < 1.29 is 33.9 Å². The van der Waals surface area contributed by atoms with Crippen molar-refractivity contribution in [1.82, 2.24) is 0 Å². The van der Waals surface area contributed by atoms with E-state index in [1.807, 2.05) is 91.0 Å². The zero-order valence-corrected chi connectivity index (χ0v) is 20.4. The summed E-state index contributed by atoms with van der Waals surface area (Å²) in [6.07, 6.45) is -5.56. The molecule has 6 atom stereocenters. The van der Waals surface area contributed by atoms with Crippen molar-refractivity contribution in [3.63, 3.8) is 0 Å². The van der Waals surface area contributed by atoms with Crippen LogP contribution in [0.15, 0.2) is 91.0 Å². The second kappa shape index (κ2) is 13.6. The van der Waals surface area contributed by atoms with E-state index in [2.05, 4.69) is 0 Å². The molecule has 0 amide bonds. The van der Waals surface area contributed by atoms with Gasteiger partial charge in [0.05, 0.1) is 26.4 Å². The molecule has 36 heavy (non-hydrogen) atoms. The number of hydrogen-bond acceptors (Lipinski definition) is 7. The van der Waals surface area contributed by atoms with Gasteiger partial charge in [-0.1, -0.05) is 91.0 Å². The minimum atomic E-state index is -1.33. The first-order valence-electron chi connectivity index (χ1n) is 12.1. The van der Waals surface area contributed by atoms with Gasteiger partial charge in [0.1, 0.15) is 30.5 Å². The van der Waals surface area contributed by atoms with Gasteiger partial charge in [0.25, 0.3) is 0 Å². The van der Waals surface area contributed by atoms with E-state index in [-0.39, 0.29) is 26.4 Å². The van der Waals surface area contributed by atoms with Gasteiger partial charge in [0.2, 0.25) is 0 Å². The number of ether oxygens (including phenoxy) is 5. The lowest BCUT2D eigenvalue weighted by molar-refractivity contribution is -0.325. The van der Waals surface area contributed by atoms with Gasteiger partial charge in [0, 0.05) is 7.11 Å². The smallest absolute Gasteiger partial charge is 0.184 e. The molecule has 7 heteroatoms. The van der Waals surface area contributed by atoms with Crippen LogP contribution in [0, 0.1) is 0 Å². The van der Waals surface area contributed by atoms with Crippen molar-refractivity contribution in [3.8, 4) is 0 Å². The third-order valence-corrected chi connectivity index (χ3v) is 6.12. The molecule has 0 aromatic heterocycles. The second-order valence-corrected chi connectivity index (χ2v) is 8.80. The number of methoxy groups -OCH3 is 1. The summed E-state index contributed by atoms with van der Waals surface area (Å²) in [6.45, 7) is 0.830. The van der Waals surface area contributed by atoms with Crippen molar-refractivity contribution in [2.45, 2.75) is 56.6 Å². The molecule has 0 saturated carbocycles. The van der Waals surface area contributed by atoms with Gasteiger partial charge >= 0.3 is 0 Å². The Labute approximate surface area is 212 Å². The molecule has 0 spiro atoms. The average Bonchev–Trinajstić information content (AvgIpc) is 2.92. The highest BCUT2D eigenvalue weighted by molar-refractivity contribution is 5.15. The number of aliphatic hydroxyl groups is 2. The monoisotopic (exact) mass is 494 g/mol. The Morgan fingerprint density at radius 2 is 1.08 bits per heavy atom. The minimum absolute atomic E-state index is 0.0174. The van der Waals surface area contributed by atoms with Crippen LogP contribution < -0.4 is 0 Å². The Balaban J connectivity index is 1.59. The summed E-state index contributed by atoms with van der Waals surface area (Å²) in [5.41, 5.74) is 2.89. The maximum Gasteiger partial charge on any atom is 0.184 e. The molecule has 2 N–H and O–H groups in total. The Morgan fingerprint density at radius 1 is 0.667 bits per heavy atom. The van der Waals surface area contributed by atoms with Crippen molar-refractivity contribution in [1.29, 1.82) is 0 Å². The first kappa shape index (κ1) is 26.4. The summed E-state index contributed by atoms with van der Waals surface area (Å²) < 4.78 is 29.9. The summed E-state index contributed by atoms with van der Waals surface area (Å²) >= 11 is 0. The summed E-state index contributed by atoms with van der Waals surface area (Å²) in [6, 6.07) is 29.2. The molecule has 4 rings (SSSR count). The van der Waals surface area contributed by atoms with Crippen LogP contribution >= 0.6 is 0 Å². The van der Waals surface area contributed by atoms with Crippen molar-refractivity contribution in [2.24, 2.45) is 0 Å². The highest BCUT2D eigenvalue weighted by Crippen LogP contribution is 2.31. The molecule has 3 aromatic carbocycles. The lowest BCUT2D eigenvalue weighted by atomic mass is 9.94. The fraction of sp³-hybridized carbons (Fsp3) is 0.379. The summed E-state index contributed by atoms with van der Waals surface area (Å²) in [7, 11) is 1.50. The zero-order valence-electron chi connectivity index (χ0n) is 20.4. The minimum Gasteiger partial charge on any atom is -0.388 e. The molecule has 0 bridgehead atoms. The zero-order chi connectivity index (χ0) is 25.2. The van der Waals surface area contributed by atoms with Gasteiger partial charge in [-0.05, 0) is 16.7 Å². The van der Waals surface area contributed by atoms with Gasteiger partial charge in [-0.25, -0.2) is 0 Å². The fourth-order valence-corrected chi connectivity index (χ4v) is 4.28. The molecule has 1 saturated heterocycles. The van der Waals surface area contributed by atoms with Crippen LogP contribution in [0.5, 0.6) is 0 Å². The normalized spacial score (nSPS) is 24.9. The van der Waals surface area contributed by atoms with E-state index in [0.717, 1.165) is 16.7 Å². The maximum absolute atomic E-state index is 11.0. The topological polar surface area (TPSA) is 86.6 Å². The van der Waals surface area contributed by atoms with Gasteiger partial charge < -0.3 is 33.9 Å². The van der Waals surface area contributed by atoms with Crippen LogP contribution in [0.2, 0.25) is 0 Å². The molecule has 7 nitrogen and oxygen atoms in total. The third kappa shape index (κ3) is 7.21. The first-order valence-corrected chi connectivity index (χ1v) is 12.1. The lowest BCUT2D eigenvalue weighted by Gasteiger charge is -2.45. The molecular weight excluding hydrogens is 460 g/mol. The average molecular weight is 495 g/mol. The number of aliphatic hydroxyl groups excluding tert-OH is 2. The van der Waals surface area contributed by atoms with E-state index in [4.69, 9.17) is 23.7 Å². The van der Waals surface area contributed by atoms with Crippen LogP contribution in [-0.2, 0) is 43.5 Å². The Morgan fingerprint density at radius 3 is 1.53 bits per heavy atom. The molecule has 0 radical (unpaired) electrons. The summed E-state index contributed by atoms with van der Waals surface area (Å²) in [4.78, 5) is 0. The molecule has 3 aromatic rings. The predicted molar refractivity (Wildman–Crippen MR) is 134 cm³/mol. The molecule has 0 unspecified atom stereocenters. The largest absolute Gasteiger partial charge is 0.388 e. The van der Waals surface area contributed by atoms with Crippen LogP contribution in [-0.4, -0.2) is 60.7 Å². The maximum atomic E-state index is 11.0. The van der Waals surface area contributed by atoms with E-state index in [1.165, 1.54) is 7.11 Å². The summed E-state index contributed by atoms with van der Waals surface area (Å²) in [5, 5.41) is 21.8. The molecule has 1 aliphatic heterocycles. The lowest BCUT2D eigenvalue weighted by Crippen LogP contribution is -2.63. The SMILES string of the molecule is COC[C@@H](O)[C@H]1O[C@@H](O)[C@H](OCc2ccccc2)[C@H](OCc2ccccc2)[C@@H]1OCc1ccccc1. The molecule has 1 heterocycles. The highest BCUT2D eigenvalue weighted by atomic mass is 16.7. The Bertz CT molecular complexity index is 1000. The number of benzene rings is 3. The van der Waals surface area contributed by atoms with Crippen molar-refractivity contribution in [2.75, 3.05) is 13.7 Å².